The van der Waals surface area contributed by atoms with E-state index >= 15 is 0 Å². The summed E-state index contributed by atoms with van der Waals surface area (Å²) in [7, 11) is 1.49. The number of benzene rings is 1. The number of ether oxygens (including phenoxy) is 1. The molecule has 17 heavy (non-hydrogen) atoms. The molecule has 1 aromatic carbocycles. The number of hydrogen-bond donors (Lipinski definition) is 5. The molecule has 0 aliphatic rings. The van der Waals surface area contributed by atoms with Crippen LogP contribution < -0.4 is 15.8 Å². The van der Waals surface area contributed by atoms with Crippen molar-refractivity contribution < 1.29 is 20.1 Å². The number of anilines is 2. The van der Waals surface area contributed by atoms with E-state index in [0.29, 0.717) is 17.1 Å². The van der Waals surface area contributed by atoms with Crippen LogP contribution in [0.5, 0.6) is 5.75 Å². The number of rotatable bonds is 6. The fraction of sp³-hybridized carbons (Fsp3) is 0.455. The molecule has 0 saturated heterocycles. The molecular formula is C11H18N2O4. The molecule has 0 radical (unpaired) electrons. The standard InChI is InChI=1S/C11H18N2O4/c1-17-10-4-8(2-3-9(10)12)13-11(5-14,6-15)7-16/h2-4,13-16H,5-7,12H2,1H3. The summed E-state index contributed by atoms with van der Waals surface area (Å²) < 4.78 is 5.05. The van der Waals surface area contributed by atoms with Crippen LogP contribution >= 0.6 is 0 Å². The SMILES string of the molecule is COc1cc(NC(CO)(CO)CO)ccc1N. The lowest BCUT2D eigenvalue weighted by Gasteiger charge is -2.30. The van der Waals surface area contributed by atoms with Crippen LogP contribution in [0.25, 0.3) is 0 Å². The molecule has 0 aliphatic carbocycles. The van der Waals surface area contributed by atoms with E-state index in [2.05, 4.69) is 5.32 Å². The van der Waals surface area contributed by atoms with Gasteiger partial charge in [-0.3, -0.25) is 0 Å². The molecule has 0 bridgehead atoms. The Hall–Kier alpha value is -1.50. The molecule has 0 aromatic heterocycles. The van der Waals surface area contributed by atoms with Gasteiger partial charge >= 0.3 is 0 Å². The summed E-state index contributed by atoms with van der Waals surface area (Å²) in [5.41, 5.74) is 5.57. The van der Waals surface area contributed by atoms with Crippen molar-refractivity contribution in [3.05, 3.63) is 18.2 Å². The van der Waals surface area contributed by atoms with Crippen molar-refractivity contribution in [1.29, 1.82) is 0 Å². The van der Waals surface area contributed by atoms with Crippen molar-refractivity contribution in [2.45, 2.75) is 5.54 Å². The highest BCUT2D eigenvalue weighted by atomic mass is 16.5. The number of nitrogens with two attached hydrogens (primary N) is 1. The predicted molar refractivity (Wildman–Crippen MR) is 65.0 cm³/mol. The molecule has 6 N–H and O–H groups in total. The summed E-state index contributed by atoms with van der Waals surface area (Å²) in [6, 6.07) is 4.94. The number of hydrogen-bond acceptors (Lipinski definition) is 6. The second-order valence-corrected chi connectivity index (χ2v) is 3.84. The van der Waals surface area contributed by atoms with Gasteiger partial charge in [0.15, 0.2) is 0 Å². The number of aliphatic hydroxyl groups excluding tert-OH is 3. The molecule has 0 aliphatic heterocycles. The van der Waals surface area contributed by atoms with Gasteiger partial charge in [0, 0.05) is 11.8 Å². The van der Waals surface area contributed by atoms with Gasteiger partial charge in [0.1, 0.15) is 11.3 Å². The van der Waals surface area contributed by atoms with Crippen LogP contribution in [0.4, 0.5) is 11.4 Å². The van der Waals surface area contributed by atoms with Crippen LogP contribution in [0, 0.1) is 0 Å². The third-order valence-corrected chi connectivity index (χ3v) is 2.55. The summed E-state index contributed by atoms with van der Waals surface area (Å²) in [6.45, 7) is -1.19. The lowest BCUT2D eigenvalue weighted by molar-refractivity contribution is 0.0833. The first-order valence-electron chi connectivity index (χ1n) is 5.15. The van der Waals surface area contributed by atoms with Gasteiger partial charge in [0.2, 0.25) is 0 Å². The van der Waals surface area contributed by atoms with Gasteiger partial charge in [-0.1, -0.05) is 0 Å². The van der Waals surface area contributed by atoms with Crippen molar-refractivity contribution >= 4 is 11.4 Å². The molecular weight excluding hydrogens is 224 g/mol. The van der Waals surface area contributed by atoms with Crippen LogP contribution in [0.3, 0.4) is 0 Å². The molecule has 0 saturated carbocycles. The average Bonchev–Trinajstić information content (AvgIpc) is 2.38. The zero-order chi connectivity index (χ0) is 12.9. The Morgan fingerprint density at radius 1 is 1.24 bits per heavy atom. The van der Waals surface area contributed by atoms with Gasteiger partial charge < -0.3 is 31.1 Å². The molecule has 0 fully saturated rings. The molecule has 96 valence electrons. The van der Waals surface area contributed by atoms with Crippen molar-refractivity contribution in [3.63, 3.8) is 0 Å². The van der Waals surface area contributed by atoms with Crippen LogP contribution in [-0.4, -0.2) is 47.8 Å². The second-order valence-electron chi connectivity index (χ2n) is 3.84. The highest BCUT2D eigenvalue weighted by molar-refractivity contribution is 5.62. The third-order valence-electron chi connectivity index (χ3n) is 2.55. The van der Waals surface area contributed by atoms with Crippen LogP contribution in [0.15, 0.2) is 18.2 Å². The Labute approximate surface area is 99.6 Å². The lowest BCUT2D eigenvalue weighted by Crippen LogP contribution is -2.49. The van der Waals surface area contributed by atoms with E-state index in [0.717, 1.165) is 0 Å². The Morgan fingerprint density at radius 2 is 1.82 bits per heavy atom. The van der Waals surface area contributed by atoms with E-state index in [9.17, 15) is 15.3 Å². The predicted octanol–water partition coefficient (Wildman–Crippen LogP) is -0.595. The number of nitrogens with one attached hydrogen (secondary N) is 1. The van der Waals surface area contributed by atoms with E-state index in [1.54, 1.807) is 18.2 Å². The fourth-order valence-electron chi connectivity index (χ4n) is 1.36. The van der Waals surface area contributed by atoms with Crippen LogP contribution in [0.1, 0.15) is 0 Å². The van der Waals surface area contributed by atoms with Crippen molar-refractivity contribution in [2.24, 2.45) is 0 Å². The molecule has 6 nitrogen and oxygen atoms in total. The van der Waals surface area contributed by atoms with Gasteiger partial charge in [-0.2, -0.15) is 0 Å². The van der Waals surface area contributed by atoms with Gasteiger partial charge in [0.05, 0.1) is 32.6 Å². The van der Waals surface area contributed by atoms with Crippen molar-refractivity contribution in [2.75, 3.05) is 38.0 Å². The Kier molecular flexibility index (Phi) is 4.56. The van der Waals surface area contributed by atoms with E-state index in [-0.39, 0.29) is 0 Å². The number of nitrogen functional groups attached to an aromatic ring is 1. The molecule has 0 atom stereocenters. The van der Waals surface area contributed by atoms with Gasteiger partial charge in [0.25, 0.3) is 0 Å². The highest BCUT2D eigenvalue weighted by Crippen LogP contribution is 2.26. The zero-order valence-corrected chi connectivity index (χ0v) is 9.68. The minimum absolute atomic E-state index is 0.396. The molecule has 1 aromatic rings. The number of aliphatic hydroxyl groups is 3. The summed E-state index contributed by atoms with van der Waals surface area (Å²) in [5, 5.41) is 30.4. The summed E-state index contributed by atoms with van der Waals surface area (Å²) in [6.07, 6.45) is 0. The van der Waals surface area contributed by atoms with Crippen LogP contribution in [0.2, 0.25) is 0 Å². The minimum atomic E-state index is -1.17. The van der Waals surface area contributed by atoms with Gasteiger partial charge in [-0.25, -0.2) is 0 Å². The maximum absolute atomic E-state index is 9.18. The summed E-state index contributed by atoms with van der Waals surface area (Å²) in [5.74, 6) is 0.484. The highest BCUT2D eigenvalue weighted by Gasteiger charge is 2.27. The van der Waals surface area contributed by atoms with E-state index in [1.807, 2.05) is 0 Å². The number of methoxy groups -OCH3 is 1. The van der Waals surface area contributed by atoms with Crippen molar-refractivity contribution in [3.8, 4) is 5.75 Å². The maximum Gasteiger partial charge on any atom is 0.143 e. The van der Waals surface area contributed by atoms with Gasteiger partial charge in [-0.15, -0.1) is 0 Å². The quantitative estimate of drug-likeness (QED) is 0.427. The zero-order valence-electron chi connectivity index (χ0n) is 9.68. The van der Waals surface area contributed by atoms with Crippen molar-refractivity contribution in [1.82, 2.24) is 0 Å². The summed E-state index contributed by atoms with van der Waals surface area (Å²) in [4.78, 5) is 0. The maximum atomic E-state index is 9.18. The largest absolute Gasteiger partial charge is 0.495 e. The first-order chi connectivity index (χ1) is 8.10. The molecule has 0 spiro atoms. The fourth-order valence-corrected chi connectivity index (χ4v) is 1.36. The van der Waals surface area contributed by atoms with E-state index < -0.39 is 25.4 Å². The molecule has 1 rings (SSSR count). The van der Waals surface area contributed by atoms with E-state index in [4.69, 9.17) is 10.5 Å². The molecule has 6 heteroatoms. The molecule has 0 amide bonds. The topological polar surface area (TPSA) is 108 Å². The van der Waals surface area contributed by atoms with E-state index in [1.165, 1.54) is 7.11 Å². The summed E-state index contributed by atoms with van der Waals surface area (Å²) >= 11 is 0. The second kappa shape index (κ2) is 5.72. The molecule has 0 heterocycles. The Morgan fingerprint density at radius 3 is 2.29 bits per heavy atom. The Balaban J connectivity index is 2.94. The molecule has 0 unspecified atom stereocenters. The smallest absolute Gasteiger partial charge is 0.143 e. The minimum Gasteiger partial charge on any atom is -0.495 e. The van der Waals surface area contributed by atoms with Crippen LogP contribution in [-0.2, 0) is 0 Å². The van der Waals surface area contributed by atoms with Gasteiger partial charge in [-0.05, 0) is 12.1 Å². The third kappa shape index (κ3) is 3.00. The monoisotopic (exact) mass is 242 g/mol. The first-order valence-corrected chi connectivity index (χ1v) is 5.15. The Bertz CT molecular complexity index is 358. The average molecular weight is 242 g/mol. The lowest BCUT2D eigenvalue weighted by atomic mass is 10.0. The first kappa shape index (κ1) is 13.6. The normalized spacial score (nSPS) is 11.3.